The van der Waals surface area contributed by atoms with Gasteiger partial charge in [0, 0.05) is 13.2 Å². The summed E-state index contributed by atoms with van der Waals surface area (Å²) in [7, 11) is 1.05. The molecule has 90 valence electrons. The van der Waals surface area contributed by atoms with Gasteiger partial charge in [0.2, 0.25) is 0 Å². The summed E-state index contributed by atoms with van der Waals surface area (Å²) in [6.07, 6.45) is 2.05. The van der Waals surface area contributed by atoms with Gasteiger partial charge in [0.15, 0.2) is 0 Å². The molecule has 0 aromatic heterocycles. The van der Waals surface area contributed by atoms with E-state index in [2.05, 4.69) is 4.74 Å². The highest BCUT2D eigenvalue weighted by atomic mass is 16.6. The molecule has 0 atom stereocenters. The fourth-order valence-electron chi connectivity index (χ4n) is 1.72. The van der Waals surface area contributed by atoms with Crippen LogP contribution in [-0.4, -0.2) is 33.4 Å². The third-order valence-corrected chi connectivity index (χ3v) is 2.68. The molecule has 4 nitrogen and oxygen atoms in total. The zero-order chi connectivity index (χ0) is 12.1. The molecule has 1 fully saturated rings. The van der Waals surface area contributed by atoms with Crippen LogP contribution in [0.25, 0.3) is 0 Å². The number of hydrogen-bond donors (Lipinski definition) is 0. The molecular formula is C12H15BO4. The van der Waals surface area contributed by atoms with Gasteiger partial charge in [-0.3, -0.25) is 0 Å². The van der Waals surface area contributed by atoms with Gasteiger partial charge in [0.25, 0.3) is 0 Å². The van der Waals surface area contributed by atoms with Crippen molar-refractivity contribution in [2.75, 3.05) is 20.3 Å². The average Bonchev–Trinajstić information content (AvgIpc) is 2.67. The molecule has 0 amide bonds. The molecule has 0 radical (unpaired) electrons. The second-order valence-electron chi connectivity index (χ2n) is 3.89. The minimum Gasteiger partial charge on any atom is -0.465 e. The minimum absolute atomic E-state index is 0.316. The van der Waals surface area contributed by atoms with Gasteiger partial charge in [-0.1, -0.05) is 12.1 Å². The van der Waals surface area contributed by atoms with E-state index in [1.54, 1.807) is 12.1 Å². The molecule has 0 saturated carbocycles. The lowest BCUT2D eigenvalue weighted by Gasteiger charge is -2.11. The first-order valence-corrected chi connectivity index (χ1v) is 5.73. The zero-order valence-electron chi connectivity index (χ0n) is 9.85. The van der Waals surface area contributed by atoms with Crippen LogP contribution in [0, 0.1) is 0 Å². The van der Waals surface area contributed by atoms with Gasteiger partial charge in [-0.2, -0.15) is 0 Å². The van der Waals surface area contributed by atoms with E-state index in [1.165, 1.54) is 7.11 Å². The van der Waals surface area contributed by atoms with Crippen molar-refractivity contribution >= 4 is 18.6 Å². The molecule has 1 aromatic carbocycles. The predicted molar refractivity (Wildman–Crippen MR) is 64.3 cm³/mol. The van der Waals surface area contributed by atoms with Gasteiger partial charge in [-0.25, -0.2) is 4.79 Å². The molecular weight excluding hydrogens is 219 g/mol. The highest BCUT2D eigenvalue weighted by molar-refractivity contribution is 6.61. The lowest BCUT2D eigenvalue weighted by molar-refractivity contribution is 0.0600. The summed E-state index contributed by atoms with van der Waals surface area (Å²) in [5, 5.41) is 0. The Hall–Kier alpha value is -1.33. The Morgan fingerprint density at radius 3 is 2.29 bits per heavy atom. The first-order valence-electron chi connectivity index (χ1n) is 5.73. The van der Waals surface area contributed by atoms with Crippen LogP contribution in [0.15, 0.2) is 24.3 Å². The summed E-state index contributed by atoms with van der Waals surface area (Å²) in [6.45, 7) is 1.42. The lowest BCUT2D eigenvalue weighted by Crippen LogP contribution is -2.36. The van der Waals surface area contributed by atoms with E-state index in [1.807, 2.05) is 12.1 Å². The molecule has 0 aliphatic carbocycles. The van der Waals surface area contributed by atoms with E-state index >= 15 is 0 Å². The van der Waals surface area contributed by atoms with Crippen molar-refractivity contribution in [3.63, 3.8) is 0 Å². The van der Waals surface area contributed by atoms with E-state index in [0.717, 1.165) is 18.3 Å². The number of hydrogen-bond acceptors (Lipinski definition) is 4. The molecule has 0 spiro atoms. The SMILES string of the molecule is COC(=O)c1ccc(B2OCCCCO2)cc1. The second kappa shape index (κ2) is 5.84. The maximum Gasteiger partial charge on any atom is 0.493 e. The Morgan fingerprint density at radius 2 is 1.76 bits per heavy atom. The van der Waals surface area contributed by atoms with E-state index in [0.29, 0.717) is 18.8 Å². The number of carbonyl (C=O) groups is 1. The van der Waals surface area contributed by atoms with Gasteiger partial charge >= 0.3 is 13.1 Å². The quantitative estimate of drug-likeness (QED) is 0.565. The lowest BCUT2D eigenvalue weighted by atomic mass is 9.78. The van der Waals surface area contributed by atoms with Crippen LogP contribution in [0.5, 0.6) is 0 Å². The van der Waals surface area contributed by atoms with Gasteiger partial charge in [-0.15, -0.1) is 0 Å². The molecule has 1 aliphatic heterocycles. The number of esters is 1. The summed E-state index contributed by atoms with van der Waals surface area (Å²) < 4.78 is 15.8. The van der Waals surface area contributed by atoms with Crippen molar-refractivity contribution in [1.29, 1.82) is 0 Å². The van der Waals surface area contributed by atoms with Crippen molar-refractivity contribution in [1.82, 2.24) is 0 Å². The zero-order valence-corrected chi connectivity index (χ0v) is 9.85. The largest absolute Gasteiger partial charge is 0.493 e. The van der Waals surface area contributed by atoms with Crippen molar-refractivity contribution < 1.29 is 18.8 Å². The number of benzene rings is 1. The third-order valence-electron chi connectivity index (χ3n) is 2.68. The topological polar surface area (TPSA) is 44.8 Å². The molecule has 1 heterocycles. The van der Waals surface area contributed by atoms with E-state index in [9.17, 15) is 4.79 Å². The first kappa shape index (κ1) is 12.1. The van der Waals surface area contributed by atoms with E-state index in [4.69, 9.17) is 9.31 Å². The Labute approximate surface area is 101 Å². The number of ether oxygens (including phenoxy) is 1. The highest BCUT2D eigenvalue weighted by Gasteiger charge is 2.23. The van der Waals surface area contributed by atoms with Crippen LogP contribution < -0.4 is 5.46 Å². The van der Waals surface area contributed by atoms with Crippen LogP contribution in [-0.2, 0) is 14.0 Å². The Balaban J connectivity index is 2.08. The van der Waals surface area contributed by atoms with Crippen LogP contribution in [0.4, 0.5) is 0 Å². The summed E-state index contributed by atoms with van der Waals surface area (Å²) in [5.74, 6) is -0.334. The number of rotatable bonds is 2. The summed E-state index contributed by atoms with van der Waals surface area (Å²) in [6, 6.07) is 7.11. The van der Waals surface area contributed by atoms with Crippen molar-refractivity contribution in [3.8, 4) is 0 Å². The third kappa shape index (κ3) is 3.08. The fraction of sp³-hybridized carbons (Fsp3) is 0.417. The monoisotopic (exact) mass is 234 g/mol. The molecule has 5 heteroatoms. The van der Waals surface area contributed by atoms with Crippen LogP contribution in [0.2, 0.25) is 0 Å². The number of carbonyl (C=O) groups excluding carboxylic acids is 1. The molecule has 0 N–H and O–H groups in total. The summed E-state index contributed by atoms with van der Waals surface area (Å²) in [4.78, 5) is 11.3. The second-order valence-corrected chi connectivity index (χ2v) is 3.89. The van der Waals surface area contributed by atoms with Gasteiger partial charge in [0.05, 0.1) is 12.7 Å². The normalized spacial score (nSPS) is 16.4. The van der Waals surface area contributed by atoms with E-state index in [-0.39, 0.29) is 13.1 Å². The summed E-state index contributed by atoms with van der Waals surface area (Å²) in [5.41, 5.74) is 1.46. The van der Waals surface area contributed by atoms with Crippen molar-refractivity contribution in [2.45, 2.75) is 12.8 Å². The Morgan fingerprint density at radius 1 is 1.18 bits per heavy atom. The minimum atomic E-state index is -0.334. The molecule has 0 unspecified atom stereocenters. The molecule has 2 rings (SSSR count). The standard InChI is InChI=1S/C12H15BO4/c1-15-12(14)10-4-6-11(7-5-10)13-16-8-2-3-9-17-13/h4-7H,2-3,8-9H2,1H3. The van der Waals surface area contributed by atoms with Gasteiger partial charge < -0.3 is 14.0 Å². The summed E-state index contributed by atoms with van der Waals surface area (Å²) >= 11 is 0. The molecule has 1 aromatic rings. The number of methoxy groups -OCH3 is 1. The molecule has 17 heavy (non-hydrogen) atoms. The maximum atomic E-state index is 11.3. The van der Waals surface area contributed by atoms with E-state index < -0.39 is 0 Å². The molecule has 1 aliphatic rings. The highest BCUT2D eigenvalue weighted by Crippen LogP contribution is 2.05. The first-order chi connectivity index (χ1) is 8.31. The van der Waals surface area contributed by atoms with Crippen LogP contribution >= 0.6 is 0 Å². The van der Waals surface area contributed by atoms with Crippen LogP contribution in [0.3, 0.4) is 0 Å². The molecule has 1 saturated heterocycles. The fourth-order valence-corrected chi connectivity index (χ4v) is 1.72. The average molecular weight is 234 g/mol. The predicted octanol–water partition coefficient (Wildman–Crippen LogP) is 0.995. The smallest absolute Gasteiger partial charge is 0.465 e. The Kier molecular flexibility index (Phi) is 4.17. The van der Waals surface area contributed by atoms with Crippen molar-refractivity contribution in [2.24, 2.45) is 0 Å². The van der Waals surface area contributed by atoms with Gasteiger partial charge in [0.1, 0.15) is 0 Å². The Bertz CT molecular complexity index is 369. The van der Waals surface area contributed by atoms with Gasteiger partial charge in [-0.05, 0) is 30.4 Å². The molecule has 0 bridgehead atoms. The van der Waals surface area contributed by atoms with Crippen molar-refractivity contribution in [3.05, 3.63) is 29.8 Å². The van der Waals surface area contributed by atoms with Crippen LogP contribution in [0.1, 0.15) is 23.2 Å². The maximum absolute atomic E-state index is 11.3.